The summed E-state index contributed by atoms with van der Waals surface area (Å²) in [5.41, 5.74) is 0.675. The number of ether oxygens (including phenoxy) is 3. The summed E-state index contributed by atoms with van der Waals surface area (Å²) in [5.74, 6) is -3.13. The first-order chi connectivity index (χ1) is 17.9. The predicted octanol–water partition coefficient (Wildman–Crippen LogP) is 3.26. The molecule has 38 heavy (non-hydrogen) atoms. The van der Waals surface area contributed by atoms with Gasteiger partial charge in [-0.1, -0.05) is 0 Å². The van der Waals surface area contributed by atoms with E-state index in [4.69, 9.17) is 29.1 Å². The molecule has 2 aliphatic heterocycles. The zero-order chi connectivity index (χ0) is 27.9. The van der Waals surface area contributed by atoms with Crippen LogP contribution in [-0.4, -0.2) is 105 Å². The highest BCUT2D eigenvalue weighted by Gasteiger charge is 2.38. The summed E-state index contributed by atoms with van der Waals surface area (Å²) in [6, 6.07) is 3.64. The fourth-order valence-electron chi connectivity index (χ4n) is 3.91. The first kappa shape index (κ1) is 29.4. The Hall–Kier alpha value is -3.20. The van der Waals surface area contributed by atoms with Gasteiger partial charge in [-0.25, -0.2) is 18.6 Å². The van der Waals surface area contributed by atoms with E-state index < -0.39 is 18.1 Å². The van der Waals surface area contributed by atoms with Gasteiger partial charge in [0.05, 0.1) is 33.0 Å². The first-order valence-corrected chi connectivity index (χ1v) is 11.8. The second kappa shape index (κ2) is 12.6. The van der Waals surface area contributed by atoms with Crippen molar-refractivity contribution in [2.45, 2.75) is 24.9 Å². The molecule has 212 valence electrons. The Bertz CT molecular complexity index is 1090. The average molecular weight is 552 g/mol. The third-order valence-corrected chi connectivity index (χ3v) is 6.03. The molecule has 2 saturated heterocycles. The normalized spacial score (nSPS) is 17.9. The van der Waals surface area contributed by atoms with E-state index in [1.54, 1.807) is 20.3 Å². The number of methoxy groups -OCH3 is 2. The maximum absolute atomic E-state index is 13.6. The van der Waals surface area contributed by atoms with Gasteiger partial charge in [0.15, 0.2) is 11.5 Å². The van der Waals surface area contributed by atoms with E-state index in [1.807, 2.05) is 11.0 Å². The Morgan fingerprint density at radius 3 is 2.21 bits per heavy atom. The number of fused-ring (bicyclic) bond motifs is 1. The largest absolute Gasteiger partial charge is 0.493 e. The molecular formula is C23H30F5N5O5. The van der Waals surface area contributed by atoms with Crippen LogP contribution in [-0.2, 0) is 9.53 Å². The zero-order valence-electron chi connectivity index (χ0n) is 21.0. The third-order valence-electron chi connectivity index (χ3n) is 6.03. The van der Waals surface area contributed by atoms with Crippen molar-refractivity contribution in [1.29, 1.82) is 0 Å². The molecule has 1 aromatic carbocycles. The van der Waals surface area contributed by atoms with Crippen LogP contribution in [0.3, 0.4) is 0 Å². The number of nitrogens with one attached hydrogen (secondary N) is 1. The molecule has 2 aliphatic rings. The van der Waals surface area contributed by atoms with Crippen LogP contribution >= 0.6 is 0 Å². The summed E-state index contributed by atoms with van der Waals surface area (Å²) in [7, 11) is 3.15. The third kappa shape index (κ3) is 7.90. The zero-order valence-corrected chi connectivity index (χ0v) is 21.0. The fourth-order valence-corrected chi connectivity index (χ4v) is 3.91. The molecule has 0 atom stereocenters. The highest BCUT2D eigenvalue weighted by molar-refractivity contribution is 5.92. The lowest BCUT2D eigenvalue weighted by atomic mass is 10.1. The predicted molar refractivity (Wildman–Crippen MR) is 128 cm³/mol. The number of hydrogen-bond donors (Lipinski definition) is 2. The molecule has 1 aromatic heterocycles. The lowest BCUT2D eigenvalue weighted by Crippen LogP contribution is -2.40. The monoisotopic (exact) mass is 551 g/mol. The lowest BCUT2D eigenvalue weighted by molar-refractivity contribution is -0.192. The molecule has 3 heterocycles. The van der Waals surface area contributed by atoms with E-state index in [2.05, 4.69) is 15.2 Å². The number of piperidine rings is 1. The van der Waals surface area contributed by atoms with Gasteiger partial charge in [0.25, 0.3) is 5.92 Å². The number of carboxylic acid groups (broad SMARTS) is 1. The van der Waals surface area contributed by atoms with Gasteiger partial charge in [-0.3, -0.25) is 4.90 Å². The van der Waals surface area contributed by atoms with Crippen LogP contribution in [0.2, 0.25) is 0 Å². The maximum atomic E-state index is 13.6. The summed E-state index contributed by atoms with van der Waals surface area (Å²) in [6.07, 6.45) is -5.47. The number of morpholine rings is 1. The molecule has 0 bridgehead atoms. The van der Waals surface area contributed by atoms with Gasteiger partial charge in [0, 0.05) is 63.6 Å². The number of benzene rings is 1. The van der Waals surface area contributed by atoms with E-state index in [0.717, 1.165) is 38.2 Å². The summed E-state index contributed by atoms with van der Waals surface area (Å²) in [6.45, 7) is 5.30. The molecule has 0 amide bonds. The summed E-state index contributed by atoms with van der Waals surface area (Å²) < 4.78 is 75.3. The van der Waals surface area contributed by atoms with Gasteiger partial charge in [0.1, 0.15) is 5.82 Å². The molecule has 0 aliphatic carbocycles. The standard InChI is InChI=1S/C21H29F2N5O3.C2HF3O2/c1-29-17-13-15-16(14-18(17)30-2)25-20(28-6-3-21(22,23)4-7-28)26-19(15)24-5-8-27-9-11-31-12-10-27;3-2(4,5)1(6)7/h13-14H,3-12H2,1-2H3,(H,24,25,26);(H,6,7). The van der Waals surface area contributed by atoms with Crippen LogP contribution in [0, 0.1) is 0 Å². The van der Waals surface area contributed by atoms with Crippen LogP contribution in [0.25, 0.3) is 10.9 Å². The molecule has 0 radical (unpaired) electrons. The van der Waals surface area contributed by atoms with E-state index >= 15 is 0 Å². The number of aromatic nitrogens is 2. The van der Waals surface area contributed by atoms with Crippen molar-refractivity contribution in [3.63, 3.8) is 0 Å². The van der Waals surface area contributed by atoms with Crippen molar-refractivity contribution in [3.05, 3.63) is 12.1 Å². The minimum absolute atomic E-state index is 0.194. The topological polar surface area (TPSA) is 109 Å². The highest BCUT2D eigenvalue weighted by atomic mass is 19.4. The Labute approximate surface area is 215 Å². The van der Waals surface area contributed by atoms with Gasteiger partial charge >= 0.3 is 12.1 Å². The first-order valence-electron chi connectivity index (χ1n) is 11.8. The van der Waals surface area contributed by atoms with E-state index in [0.29, 0.717) is 35.3 Å². The molecule has 15 heteroatoms. The number of rotatable bonds is 7. The van der Waals surface area contributed by atoms with Crippen LogP contribution in [0.5, 0.6) is 11.5 Å². The quantitative estimate of drug-likeness (QED) is 0.498. The van der Waals surface area contributed by atoms with Crippen molar-refractivity contribution >= 4 is 28.6 Å². The van der Waals surface area contributed by atoms with Crippen molar-refractivity contribution in [2.75, 3.05) is 76.9 Å². The van der Waals surface area contributed by atoms with Crippen molar-refractivity contribution in [3.8, 4) is 11.5 Å². The Morgan fingerprint density at radius 1 is 1.08 bits per heavy atom. The van der Waals surface area contributed by atoms with Gasteiger partial charge in [-0.2, -0.15) is 18.2 Å². The van der Waals surface area contributed by atoms with Gasteiger partial charge < -0.3 is 29.5 Å². The van der Waals surface area contributed by atoms with Gasteiger partial charge in [-0.15, -0.1) is 0 Å². The second-order valence-corrected chi connectivity index (χ2v) is 8.62. The van der Waals surface area contributed by atoms with Crippen LogP contribution in [0.1, 0.15) is 12.8 Å². The average Bonchev–Trinajstić information content (AvgIpc) is 2.88. The molecular weight excluding hydrogens is 521 g/mol. The molecule has 0 unspecified atom stereocenters. The number of hydrogen-bond acceptors (Lipinski definition) is 9. The molecule has 2 aromatic rings. The van der Waals surface area contributed by atoms with Crippen LogP contribution in [0.15, 0.2) is 12.1 Å². The number of nitrogens with zero attached hydrogens (tertiary/aromatic N) is 4. The lowest BCUT2D eigenvalue weighted by Gasteiger charge is -2.32. The second-order valence-electron chi connectivity index (χ2n) is 8.62. The fraction of sp³-hybridized carbons (Fsp3) is 0.609. The minimum Gasteiger partial charge on any atom is -0.493 e. The summed E-state index contributed by atoms with van der Waals surface area (Å²) >= 11 is 0. The molecule has 2 fully saturated rings. The number of aliphatic carboxylic acids is 1. The Balaban J connectivity index is 0.000000505. The van der Waals surface area contributed by atoms with Crippen molar-refractivity contribution in [1.82, 2.24) is 14.9 Å². The number of alkyl halides is 5. The molecule has 0 saturated carbocycles. The molecule has 2 N–H and O–H groups in total. The number of anilines is 2. The Kier molecular flexibility index (Phi) is 9.71. The minimum atomic E-state index is -5.08. The summed E-state index contributed by atoms with van der Waals surface area (Å²) in [5, 5.41) is 11.3. The van der Waals surface area contributed by atoms with E-state index in [-0.39, 0.29) is 25.9 Å². The van der Waals surface area contributed by atoms with Gasteiger partial charge in [0.2, 0.25) is 5.95 Å². The molecule has 0 spiro atoms. The van der Waals surface area contributed by atoms with Crippen LogP contribution in [0.4, 0.5) is 33.7 Å². The highest BCUT2D eigenvalue weighted by Crippen LogP contribution is 2.36. The Morgan fingerprint density at radius 2 is 1.66 bits per heavy atom. The summed E-state index contributed by atoms with van der Waals surface area (Å²) in [4.78, 5) is 22.4. The van der Waals surface area contributed by atoms with Crippen LogP contribution < -0.4 is 19.7 Å². The van der Waals surface area contributed by atoms with Crippen molar-refractivity contribution in [2.24, 2.45) is 0 Å². The number of halogens is 5. The van der Waals surface area contributed by atoms with E-state index in [9.17, 15) is 22.0 Å². The number of carbonyl (C=O) groups is 1. The number of carboxylic acids is 1. The molecule has 4 rings (SSSR count). The maximum Gasteiger partial charge on any atom is 0.490 e. The van der Waals surface area contributed by atoms with E-state index in [1.165, 1.54) is 0 Å². The van der Waals surface area contributed by atoms with Gasteiger partial charge in [-0.05, 0) is 6.07 Å². The molecule has 10 nitrogen and oxygen atoms in total. The SMILES string of the molecule is COc1cc2nc(N3CCC(F)(F)CC3)nc(NCCN3CCOCC3)c2cc1OC.O=C(O)C(F)(F)F. The van der Waals surface area contributed by atoms with Crippen molar-refractivity contribution < 1.29 is 46.1 Å². The smallest absolute Gasteiger partial charge is 0.490 e.